The topological polar surface area (TPSA) is 149 Å². The number of hydrogen-bond donors (Lipinski definition) is 6. The Morgan fingerprint density at radius 2 is 0.969 bits per heavy atom. The lowest BCUT2D eigenvalue weighted by Gasteiger charge is -2.40. The van der Waals surface area contributed by atoms with Crippen LogP contribution in [0.4, 0.5) is 0 Å². The second-order valence-corrected chi connectivity index (χ2v) is 17.6. The van der Waals surface area contributed by atoms with Crippen LogP contribution in [-0.2, 0) is 14.3 Å². The number of amides is 1. The Labute approximate surface area is 391 Å². The minimum atomic E-state index is -1.56. The van der Waals surface area contributed by atoms with E-state index in [0.717, 1.165) is 89.9 Å². The molecule has 0 radical (unpaired) electrons. The van der Waals surface area contributed by atoms with E-state index in [2.05, 4.69) is 104 Å². The maximum atomic E-state index is 13.0. The molecule has 1 heterocycles. The summed E-state index contributed by atoms with van der Waals surface area (Å²) in [5.74, 6) is -0.157. The maximum Gasteiger partial charge on any atom is 0.220 e. The standard InChI is InChI=1S/C55H95NO8/c1-3-5-7-9-11-13-15-16-17-18-19-20-21-22-23-24-25-26-27-28-29-30-31-32-33-34-35-37-39-41-43-45-51(59)56-48(47-63-55-54(62)53(61)52(60)50(46-57)64-55)49(58)44-42-40-38-36-14-12-10-8-6-4-2/h5,7,11,13,16-17,19-20,22-23,25-26,28-29,48-50,52-55,57-58,60-62H,3-4,6,8-10,12,14-15,18,21,24,27,30-47H2,1-2H3,(H,56,59)/b7-5-,13-11-,17-16-,20-19-,23-22-,26-25-,29-28-. The van der Waals surface area contributed by atoms with E-state index in [-0.39, 0.29) is 12.5 Å². The van der Waals surface area contributed by atoms with E-state index in [4.69, 9.17) is 9.47 Å². The molecule has 1 aliphatic rings. The number of hydrogen-bond acceptors (Lipinski definition) is 8. The number of carbonyl (C=O) groups is 1. The van der Waals surface area contributed by atoms with Gasteiger partial charge in [0.05, 0.1) is 25.4 Å². The molecule has 1 rings (SSSR count). The number of aliphatic hydroxyl groups is 5. The first-order valence-corrected chi connectivity index (χ1v) is 25.8. The highest BCUT2D eigenvalue weighted by Crippen LogP contribution is 2.23. The van der Waals surface area contributed by atoms with E-state index in [0.29, 0.717) is 12.8 Å². The third-order valence-electron chi connectivity index (χ3n) is 11.8. The Balaban J connectivity index is 2.18. The fourth-order valence-electron chi connectivity index (χ4n) is 7.67. The predicted molar refractivity (Wildman–Crippen MR) is 267 cm³/mol. The zero-order valence-electron chi connectivity index (χ0n) is 40.5. The van der Waals surface area contributed by atoms with Gasteiger partial charge in [-0.15, -0.1) is 0 Å². The molecular formula is C55H95NO8. The van der Waals surface area contributed by atoms with Gasteiger partial charge in [0.2, 0.25) is 5.91 Å². The van der Waals surface area contributed by atoms with Crippen molar-refractivity contribution in [2.24, 2.45) is 0 Å². The molecule has 9 nitrogen and oxygen atoms in total. The maximum absolute atomic E-state index is 13.0. The molecule has 0 aliphatic carbocycles. The summed E-state index contributed by atoms with van der Waals surface area (Å²) < 4.78 is 11.2. The number of allylic oxidation sites excluding steroid dienone is 14. The summed E-state index contributed by atoms with van der Waals surface area (Å²) in [6.07, 6.45) is 54.6. The van der Waals surface area contributed by atoms with E-state index in [1.165, 1.54) is 83.5 Å². The van der Waals surface area contributed by atoms with Gasteiger partial charge < -0.3 is 40.3 Å². The zero-order chi connectivity index (χ0) is 46.6. The highest BCUT2D eigenvalue weighted by atomic mass is 16.7. The van der Waals surface area contributed by atoms with Gasteiger partial charge in [0, 0.05) is 6.42 Å². The van der Waals surface area contributed by atoms with Crippen molar-refractivity contribution in [3.8, 4) is 0 Å². The summed E-state index contributed by atoms with van der Waals surface area (Å²) >= 11 is 0. The molecule has 0 saturated carbocycles. The molecule has 1 fully saturated rings. The van der Waals surface area contributed by atoms with Crippen LogP contribution in [0.25, 0.3) is 0 Å². The van der Waals surface area contributed by atoms with Crippen molar-refractivity contribution in [3.63, 3.8) is 0 Å². The van der Waals surface area contributed by atoms with E-state index in [1.54, 1.807) is 0 Å². The molecule has 1 saturated heterocycles. The fourth-order valence-corrected chi connectivity index (χ4v) is 7.67. The minimum absolute atomic E-state index is 0.145. The van der Waals surface area contributed by atoms with Crippen molar-refractivity contribution < 1.29 is 39.8 Å². The number of unbranched alkanes of at least 4 members (excludes halogenated alkanes) is 18. The Bertz CT molecular complexity index is 1270. The Hall–Kier alpha value is -2.63. The summed E-state index contributed by atoms with van der Waals surface area (Å²) in [5.41, 5.74) is 0. The van der Waals surface area contributed by atoms with Gasteiger partial charge in [0.1, 0.15) is 24.4 Å². The van der Waals surface area contributed by atoms with Crippen molar-refractivity contribution in [2.45, 2.75) is 243 Å². The lowest BCUT2D eigenvalue weighted by molar-refractivity contribution is -0.302. The Morgan fingerprint density at radius 3 is 1.44 bits per heavy atom. The van der Waals surface area contributed by atoms with Crippen LogP contribution in [-0.4, -0.2) is 87.5 Å². The van der Waals surface area contributed by atoms with Gasteiger partial charge in [0.25, 0.3) is 0 Å². The molecule has 7 unspecified atom stereocenters. The van der Waals surface area contributed by atoms with Crippen molar-refractivity contribution in [3.05, 3.63) is 85.1 Å². The minimum Gasteiger partial charge on any atom is -0.394 e. The van der Waals surface area contributed by atoms with E-state index in [9.17, 15) is 30.3 Å². The van der Waals surface area contributed by atoms with Crippen LogP contribution in [0.2, 0.25) is 0 Å². The Kier molecular flexibility index (Phi) is 41.0. The SMILES string of the molecule is CC/C=C\C/C=C\C/C=C\C/C=C\C/C=C\C/C=C\C/C=C\CCCCCCCCCCCC(=O)NC(COC1OC(CO)C(O)C(O)C1O)C(O)CCCCCCCCCCCC. The van der Waals surface area contributed by atoms with Crippen LogP contribution in [0.15, 0.2) is 85.1 Å². The lowest BCUT2D eigenvalue weighted by Crippen LogP contribution is -2.60. The van der Waals surface area contributed by atoms with Gasteiger partial charge in [-0.05, 0) is 70.6 Å². The number of carbonyl (C=O) groups excluding carboxylic acids is 1. The normalized spacial score (nSPS) is 20.8. The second-order valence-electron chi connectivity index (χ2n) is 17.6. The van der Waals surface area contributed by atoms with Gasteiger partial charge in [-0.2, -0.15) is 0 Å². The summed E-state index contributed by atoms with van der Waals surface area (Å²) in [5, 5.41) is 54.3. The third-order valence-corrected chi connectivity index (χ3v) is 11.8. The van der Waals surface area contributed by atoms with Crippen LogP contribution in [0.3, 0.4) is 0 Å². The zero-order valence-corrected chi connectivity index (χ0v) is 40.5. The molecule has 9 heteroatoms. The summed E-state index contributed by atoms with van der Waals surface area (Å²) in [4.78, 5) is 13.0. The van der Waals surface area contributed by atoms with Crippen molar-refractivity contribution in [1.82, 2.24) is 5.32 Å². The van der Waals surface area contributed by atoms with Crippen LogP contribution in [0.1, 0.15) is 200 Å². The smallest absolute Gasteiger partial charge is 0.220 e. The molecule has 1 aliphatic heterocycles. The number of ether oxygens (including phenoxy) is 2. The number of rotatable bonds is 42. The van der Waals surface area contributed by atoms with Crippen LogP contribution in [0.5, 0.6) is 0 Å². The third kappa shape index (κ3) is 33.8. The molecule has 64 heavy (non-hydrogen) atoms. The molecule has 0 aromatic carbocycles. The number of nitrogens with one attached hydrogen (secondary N) is 1. The molecule has 7 atom stereocenters. The van der Waals surface area contributed by atoms with Gasteiger partial charge >= 0.3 is 0 Å². The first-order valence-electron chi connectivity index (χ1n) is 25.8. The van der Waals surface area contributed by atoms with Crippen LogP contribution in [0, 0.1) is 0 Å². The van der Waals surface area contributed by atoms with Crippen LogP contribution >= 0.6 is 0 Å². The molecule has 6 N–H and O–H groups in total. The van der Waals surface area contributed by atoms with E-state index >= 15 is 0 Å². The van der Waals surface area contributed by atoms with E-state index in [1.807, 2.05) is 0 Å². The van der Waals surface area contributed by atoms with Gasteiger partial charge in [0.15, 0.2) is 6.29 Å². The average molecular weight is 898 g/mol. The first kappa shape index (κ1) is 59.4. The quantitative estimate of drug-likeness (QED) is 0.0262. The highest BCUT2D eigenvalue weighted by molar-refractivity contribution is 5.76. The Morgan fingerprint density at radius 1 is 0.547 bits per heavy atom. The summed E-state index contributed by atoms with van der Waals surface area (Å²) in [6.45, 7) is 3.68. The van der Waals surface area contributed by atoms with Crippen LogP contribution < -0.4 is 5.32 Å². The summed E-state index contributed by atoms with van der Waals surface area (Å²) in [6, 6.07) is -0.725. The summed E-state index contributed by atoms with van der Waals surface area (Å²) in [7, 11) is 0. The molecular weight excluding hydrogens is 803 g/mol. The largest absolute Gasteiger partial charge is 0.394 e. The van der Waals surface area contributed by atoms with Crippen molar-refractivity contribution >= 4 is 5.91 Å². The van der Waals surface area contributed by atoms with Gasteiger partial charge in [-0.3, -0.25) is 4.79 Å². The molecule has 0 spiro atoms. The second kappa shape index (κ2) is 44.2. The van der Waals surface area contributed by atoms with Crippen molar-refractivity contribution in [2.75, 3.05) is 13.2 Å². The predicted octanol–water partition coefficient (Wildman–Crippen LogP) is 11.9. The first-order chi connectivity index (χ1) is 31.3. The fraction of sp³-hybridized carbons (Fsp3) is 0.727. The number of aliphatic hydroxyl groups excluding tert-OH is 5. The molecule has 0 aromatic rings. The molecule has 0 aromatic heterocycles. The molecule has 368 valence electrons. The van der Waals surface area contributed by atoms with Crippen molar-refractivity contribution in [1.29, 1.82) is 0 Å². The van der Waals surface area contributed by atoms with Gasteiger partial charge in [-0.25, -0.2) is 0 Å². The monoisotopic (exact) mass is 898 g/mol. The average Bonchev–Trinajstić information content (AvgIpc) is 3.29. The molecule has 0 bridgehead atoms. The van der Waals surface area contributed by atoms with E-state index < -0.39 is 49.5 Å². The van der Waals surface area contributed by atoms with Gasteiger partial charge in [-0.1, -0.05) is 208 Å². The highest BCUT2D eigenvalue weighted by Gasteiger charge is 2.44. The molecule has 1 amide bonds. The lowest BCUT2D eigenvalue weighted by atomic mass is 9.99.